The number of halogens is 2. The van der Waals surface area contributed by atoms with Gasteiger partial charge in [-0.3, -0.25) is 0 Å². The van der Waals surface area contributed by atoms with Gasteiger partial charge in [0, 0.05) is 24.9 Å². The first-order chi connectivity index (χ1) is 13.5. The summed E-state index contributed by atoms with van der Waals surface area (Å²) in [6.45, 7) is 3.50. The summed E-state index contributed by atoms with van der Waals surface area (Å²) in [6, 6.07) is 18.4. The Morgan fingerprint density at radius 1 is 1.11 bits per heavy atom. The number of para-hydroxylation sites is 1. The number of hydrogen-bond acceptors (Lipinski definition) is 5. The minimum atomic E-state index is -2.86. The highest BCUT2D eigenvalue weighted by molar-refractivity contribution is 7.71. The van der Waals surface area contributed by atoms with Crippen LogP contribution in [0.4, 0.5) is 14.5 Å². The van der Waals surface area contributed by atoms with Crippen molar-refractivity contribution >= 4 is 17.9 Å². The molecule has 0 amide bonds. The molecule has 0 aliphatic heterocycles. The van der Waals surface area contributed by atoms with Gasteiger partial charge in [0.2, 0.25) is 0 Å². The van der Waals surface area contributed by atoms with E-state index in [0.29, 0.717) is 22.3 Å². The highest BCUT2D eigenvalue weighted by Crippen LogP contribution is 2.17. The average Bonchev–Trinajstić information content (AvgIpc) is 2.72. The van der Waals surface area contributed by atoms with E-state index in [4.69, 9.17) is 17.5 Å². The van der Waals surface area contributed by atoms with E-state index in [-0.39, 0.29) is 0 Å². The molecule has 2 N–H and O–H groups in total. The molecular formula is C20H18F2N4OS. The lowest BCUT2D eigenvalue weighted by Gasteiger charge is -2.14. The minimum Gasteiger partial charge on any atom is -0.368 e. The summed E-state index contributed by atoms with van der Waals surface area (Å²) in [7, 11) is 0. The molecule has 28 heavy (non-hydrogen) atoms. The van der Waals surface area contributed by atoms with Gasteiger partial charge in [-0.05, 0) is 35.9 Å². The number of aliphatic hydroxyl groups is 1. The molecule has 0 saturated heterocycles. The van der Waals surface area contributed by atoms with E-state index in [0.717, 1.165) is 11.3 Å². The third-order valence-electron chi connectivity index (χ3n) is 3.75. The fraction of sp³-hybridized carbons (Fsp3) is 0.150. The summed E-state index contributed by atoms with van der Waals surface area (Å²) < 4.78 is 27.3. The van der Waals surface area contributed by atoms with Gasteiger partial charge < -0.3 is 10.4 Å². The molecule has 0 aliphatic rings. The molecule has 3 rings (SSSR count). The molecule has 1 atom stereocenters. The average molecular weight is 400 g/mol. The molecule has 0 aliphatic carbocycles. The normalized spacial score (nSPS) is 11.4. The van der Waals surface area contributed by atoms with Gasteiger partial charge in [-0.25, -0.2) is 18.7 Å². The summed E-state index contributed by atoms with van der Waals surface area (Å²) in [5.74, 6) is 0. The van der Waals surface area contributed by atoms with E-state index in [9.17, 15) is 13.9 Å². The van der Waals surface area contributed by atoms with Gasteiger partial charge in [-0.1, -0.05) is 42.5 Å². The second-order valence-corrected chi connectivity index (χ2v) is 6.15. The SMILES string of the molecule is C#N.OC(Nc1cccc(Cc2nn(-c3ccccc3)ccc2=S)c1)C(F)F. The maximum Gasteiger partial charge on any atom is 0.282 e. The molecule has 1 aromatic heterocycles. The highest BCUT2D eigenvalue weighted by atomic mass is 32.1. The smallest absolute Gasteiger partial charge is 0.282 e. The van der Waals surface area contributed by atoms with E-state index in [2.05, 4.69) is 17.0 Å². The summed E-state index contributed by atoms with van der Waals surface area (Å²) in [5.41, 5.74) is 2.88. The molecule has 1 unspecified atom stereocenters. The van der Waals surface area contributed by atoms with Crippen LogP contribution in [-0.4, -0.2) is 27.5 Å². The third-order valence-corrected chi connectivity index (χ3v) is 4.12. The van der Waals surface area contributed by atoms with Gasteiger partial charge in [-0.15, -0.1) is 0 Å². The number of alkyl halides is 2. The molecule has 3 aromatic rings. The fourth-order valence-electron chi connectivity index (χ4n) is 2.49. The van der Waals surface area contributed by atoms with Crippen LogP contribution in [0.2, 0.25) is 0 Å². The van der Waals surface area contributed by atoms with Crippen LogP contribution in [0.15, 0.2) is 66.9 Å². The Bertz CT molecular complexity index is 976. The standard InChI is InChI=1S/C19H17F2N3OS.CHN/c20-18(21)19(25)22-14-6-4-5-13(11-14)12-16-17(26)9-10-24(23-16)15-7-2-1-3-8-15;1-2/h1-11,18-19,22,25H,12H2;1H. The predicted molar refractivity (Wildman–Crippen MR) is 106 cm³/mol. The fourth-order valence-corrected chi connectivity index (χ4v) is 2.67. The van der Waals surface area contributed by atoms with E-state index in [1.54, 1.807) is 29.1 Å². The molecule has 144 valence electrons. The Labute approximate surface area is 166 Å². The Kier molecular flexibility index (Phi) is 7.75. The lowest BCUT2D eigenvalue weighted by atomic mass is 10.1. The number of hydrogen-bond donors (Lipinski definition) is 2. The zero-order chi connectivity index (χ0) is 20.5. The lowest BCUT2D eigenvalue weighted by molar-refractivity contribution is 0.0127. The van der Waals surface area contributed by atoms with Gasteiger partial charge in [0.05, 0.1) is 15.9 Å². The van der Waals surface area contributed by atoms with Gasteiger partial charge in [0.15, 0.2) is 6.23 Å². The highest BCUT2D eigenvalue weighted by Gasteiger charge is 2.16. The Hall–Kier alpha value is -3.15. The van der Waals surface area contributed by atoms with Crippen LogP contribution < -0.4 is 5.32 Å². The zero-order valence-electron chi connectivity index (χ0n) is 14.7. The molecule has 0 saturated carbocycles. The molecule has 8 heteroatoms. The number of benzene rings is 2. The van der Waals surface area contributed by atoms with E-state index >= 15 is 0 Å². The lowest BCUT2D eigenvalue weighted by Crippen LogP contribution is -2.26. The van der Waals surface area contributed by atoms with Crippen LogP contribution in [-0.2, 0) is 6.42 Å². The van der Waals surface area contributed by atoms with Crippen LogP contribution in [0.3, 0.4) is 0 Å². The van der Waals surface area contributed by atoms with Gasteiger partial charge in [0.1, 0.15) is 0 Å². The maximum atomic E-state index is 12.5. The van der Waals surface area contributed by atoms with Crippen molar-refractivity contribution in [2.24, 2.45) is 0 Å². The van der Waals surface area contributed by atoms with E-state index in [1.807, 2.05) is 42.5 Å². The van der Waals surface area contributed by atoms with Crippen molar-refractivity contribution in [2.45, 2.75) is 19.1 Å². The van der Waals surface area contributed by atoms with Crippen molar-refractivity contribution in [3.63, 3.8) is 0 Å². The molecular weight excluding hydrogens is 382 g/mol. The van der Waals surface area contributed by atoms with Gasteiger partial charge in [-0.2, -0.15) is 5.10 Å². The molecule has 0 radical (unpaired) electrons. The third kappa shape index (κ3) is 5.67. The van der Waals surface area contributed by atoms with Crippen LogP contribution >= 0.6 is 12.2 Å². The molecule has 1 heterocycles. The Balaban J connectivity index is 0.00000136. The summed E-state index contributed by atoms with van der Waals surface area (Å²) >= 11 is 5.37. The first-order valence-electron chi connectivity index (χ1n) is 8.25. The van der Waals surface area contributed by atoms with Crippen molar-refractivity contribution in [3.8, 4) is 12.3 Å². The number of nitrogens with one attached hydrogen (secondary N) is 1. The van der Waals surface area contributed by atoms with Gasteiger partial charge in [0.25, 0.3) is 6.43 Å². The molecule has 5 nitrogen and oxygen atoms in total. The summed E-state index contributed by atoms with van der Waals surface area (Å²) in [6.07, 6.45) is -2.52. The summed E-state index contributed by atoms with van der Waals surface area (Å²) in [4.78, 5) is 0. The molecule has 0 fully saturated rings. The summed E-state index contributed by atoms with van der Waals surface area (Å²) in [5, 5.41) is 22.7. The number of aromatic nitrogens is 2. The van der Waals surface area contributed by atoms with Crippen molar-refractivity contribution < 1.29 is 13.9 Å². The topological polar surface area (TPSA) is 73.9 Å². The number of rotatable bonds is 6. The van der Waals surface area contributed by atoms with E-state index < -0.39 is 12.7 Å². The van der Waals surface area contributed by atoms with Crippen LogP contribution in [0.5, 0.6) is 0 Å². The zero-order valence-corrected chi connectivity index (χ0v) is 15.6. The second-order valence-electron chi connectivity index (χ2n) is 5.71. The van der Waals surface area contributed by atoms with Crippen LogP contribution in [0, 0.1) is 16.3 Å². The Morgan fingerprint density at radius 3 is 2.50 bits per heavy atom. The molecule has 0 bridgehead atoms. The first-order valence-corrected chi connectivity index (χ1v) is 8.65. The predicted octanol–water partition coefficient (Wildman–Crippen LogP) is 4.33. The van der Waals surface area contributed by atoms with Crippen molar-refractivity contribution in [1.82, 2.24) is 9.78 Å². The van der Waals surface area contributed by atoms with E-state index in [1.165, 1.54) is 0 Å². The molecule has 0 spiro atoms. The monoisotopic (exact) mass is 400 g/mol. The van der Waals surface area contributed by atoms with Crippen LogP contribution in [0.25, 0.3) is 5.69 Å². The largest absolute Gasteiger partial charge is 0.368 e. The first kappa shape index (κ1) is 21.2. The molecule has 2 aromatic carbocycles. The second kappa shape index (κ2) is 10.3. The minimum absolute atomic E-state index is 0.410. The van der Waals surface area contributed by atoms with Crippen molar-refractivity contribution in [3.05, 3.63) is 82.6 Å². The quantitative estimate of drug-likeness (QED) is 0.476. The van der Waals surface area contributed by atoms with Crippen LogP contribution in [0.1, 0.15) is 11.3 Å². The van der Waals surface area contributed by atoms with Gasteiger partial charge >= 0.3 is 0 Å². The van der Waals surface area contributed by atoms with Crippen molar-refractivity contribution in [2.75, 3.05) is 5.32 Å². The Morgan fingerprint density at radius 2 is 1.82 bits per heavy atom. The number of nitrogens with zero attached hydrogens (tertiary/aromatic N) is 3. The number of nitriles is 1. The number of anilines is 1. The van der Waals surface area contributed by atoms with Crippen molar-refractivity contribution in [1.29, 1.82) is 5.26 Å². The number of aliphatic hydroxyl groups excluding tert-OH is 1. The maximum absolute atomic E-state index is 12.5.